The van der Waals surface area contributed by atoms with Gasteiger partial charge < -0.3 is 5.11 Å². The van der Waals surface area contributed by atoms with Crippen molar-refractivity contribution >= 4 is 0 Å². The standard InChI is InChI=1S/C14H21NO/c1-2-14(15-10-4-3-5-11-15)12-6-8-13(16)9-7-12/h6-9,14,16H,2-5,10-11H2,1H3. The van der Waals surface area contributed by atoms with Crippen LogP contribution in [0.15, 0.2) is 24.3 Å². The molecule has 88 valence electrons. The highest BCUT2D eigenvalue weighted by Gasteiger charge is 2.20. The lowest BCUT2D eigenvalue weighted by atomic mass is 9.99. The molecule has 0 bridgehead atoms. The largest absolute Gasteiger partial charge is 0.508 e. The number of phenolic OH excluding ortho intramolecular Hbond substituents is 1. The lowest BCUT2D eigenvalue weighted by Crippen LogP contribution is -2.33. The first-order chi connectivity index (χ1) is 7.81. The minimum absolute atomic E-state index is 0.359. The van der Waals surface area contributed by atoms with Crippen molar-refractivity contribution in [3.8, 4) is 5.75 Å². The molecule has 0 aliphatic carbocycles. The summed E-state index contributed by atoms with van der Waals surface area (Å²) >= 11 is 0. The molecule has 0 radical (unpaired) electrons. The second-order valence-electron chi connectivity index (χ2n) is 4.61. The maximum atomic E-state index is 9.31. The molecule has 0 amide bonds. The van der Waals surface area contributed by atoms with Gasteiger partial charge in [-0.2, -0.15) is 0 Å². The average Bonchev–Trinajstić information content (AvgIpc) is 2.34. The highest BCUT2D eigenvalue weighted by Crippen LogP contribution is 2.28. The fraction of sp³-hybridized carbons (Fsp3) is 0.571. The first kappa shape index (κ1) is 11.5. The first-order valence-corrected chi connectivity index (χ1v) is 6.34. The number of rotatable bonds is 3. The maximum Gasteiger partial charge on any atom is 0.115 e. The van der Waals surface area contributed by atoms with Crippen molar-refractivity contribution in [2.75, 3.05) is 13.1 Å². The molecule has 1 aliphatic rings. The Morgan fingerprint density at radius 2 is 1.75 bits per heavy atom. The molecule has 2 rings (SSSR count). The van der Waals surface area contributed by atoms with Crippen molar-refractivity contribution in [3.05, 3.63) is 29.8 Å². The molecule has 2 nitrogen and oxygen atoms in total. The summed E-state index contributed by atoms with van der Waals surface area (Å²) in [6, 6.07) is 8.22. The Hall–Kier alpha value is -1.02. The van der Waals surface area contributed by atoms with Crippen molar-refractivity contribution in [2.45, 2.75) is 38.6 Å². The van der Waals surface area contributed by atoms with E-state index in [-0.39, 0.29) is 0 Å². The topological polar surface area (TPSA) is 23.5 Å². The molecule has 1 N–H and O–H groups in total. The van der Waals surface area contributed by atoms with E-state index in [9.17, 15) is 5.11 Å². The molecule has 1 aromatic carbocycles. The van der Waals surface area contributed by atoms with Crippen molar-refractivity contribution in [1.29, 1.82) is 0 Å². The van der Waals surface area contributed by atoms with E-state index in [1.165, 1.54) is 37.9 Å². The van der Waals surface area contributed by atoms with Crippen molar-refractivity contribution in [3.63, 3.8) is 0 Å². The summed E-state index contributed by atoms with van der Waals surface area (Å²) in [4.78, 5) is 2.58. The van der Waals surface area contributed by atoms with Gasteiger partial charge >= 0.3 is 0 Å². The number of hydrogen-bond acceptors (Lipinski definition) is 2. The maximum absolute atomic E-state index is 9.31. The van der Waals surface area contributed by atoms with Gasteiger partial charge in [-0.15, -0.1) is 0 Å². The van der Waals surface area contributed by atoms with Crippen LogP contribution in [-0.4, -0.2) is 23.1 Å². The van der Waals surface area contributed by atoms with Crippen LogP contribution in [0.2, 0.25) is 0 Å². The van der Waals surface area contributed by atoms with E-state index in [0.717, 1.165) is 6.42 Å². The van der Waals surface area contributed by atoms with Crippen molar-refractivity contribution in [1.82, 2.24) is 4.90 Å². The third-order valence-corrected chi connectivity index (χ3v) is 3.50. The minimum Gasteiger partial charge on any atom is -0.508 e. The van der Waals surface area contributed by atoms with Gasteiger partial charge in [-0.3, -0.25) is 4.90 Å². The predicted molar refractivity (Wildman–Crippen MR) is 66.6 cm³/mol. The van der Waals surface area contributed by atoms with Gasteiger partial charge in [-0.1, -0.05) is 25.5 Å². The van der Waals surface area contributed by atoms with Gasteiger partial charge in [0, 0.05) is 6.04 Å². The van der Waals surface area contributed by atoms with Gasteiger partial charge in [-0.25, -0.2) is 0 Å². The van der Waals surface area contributed by atoms with Crippen LogP contribution >= 0.6 is 0 Å². The molecule has 16 heavy (non-hydrogen) atoms. The van der Waals surface area contributed by atoms with Crippen LogP contribution in [0.3, 0.4) is 0 Å². The van der Waals surface area contributed by atoms with Crippen LogP contribution < -0.4 is 0 Å². The van der Waals surface area contributed by atoms with Crippen LogP contribution in [0, 0.1) is 0 Å². The molecule has 1 fully saturated rings. The lowest BCUT2D eigenvalue weighted by Gasteiger charge is -2.34. The van der Waals surface area contributed by atoms with E-state index in [4.69, 9.17) is 0 Å². The summed E-state index contributed by atoms with van der Waals surface area (Å²) < 4.78 is 0. The van der Waals surface area contributed by atoms with E-state index in [1.54, 1.807) is 12.1 Å². The Bertz CT molecular complexity index is 314. The summed E-state index contributed by atoms with van der Waals surface area (Å²) in [6.07, 6.45) is 5.18. The van der Waals surface area contributed by atoms with Gasteiger partial charge in [0.25, 0.3) is 0 Å². The summed E-state index contributed by atoms with van der Waals surface area (Å²) in [5.74, 6) is 0.359. The van der Waals surface area contributed by atoms with Crippen LogP contribution in [0.5, 0.6) is 5.75 Å². The molecule has 1 saturated heterocycles. The number of benzene rings is 1. The van der Waals surface area contributed by atoms with Crippen LogP contribution in [0.4, 0.5) is 0 Å². The fourth-order valence-electron chi connectivity index (χ4n) is 2.63. The number of likely N-dealkylation sites (tertiary alicyclic amines) is 1. The highest BCUT2D eigenvalue weighted by molar-refractivity contribution is 5.28. The van der Waals surface area contributed by atoms with Crippen molar-refractivity contribution in [2.24, 2.45) is 0 Å². The monoisotopic (exact) mass is 219 g/mol. The number of phenols is 1. The smallest absolute Gasteiger partial charge is 0.115 e. The molecule has 2 heteroatoms. The Balaban J connectivity index is 2.11. The number of aromatic hydroxyl groups is 1. The Morgan fingerprint density at radius 3 is 2.31 bits per heavy atom. The van der Waals surface area contributed by atoms with Gasteiger partial charge in [0.15, 0.2) is 0 Å². The summed E-state index contributed by atoms with van der Waals surface area (Å²) in [5, 5.41) is 9.31. The zero-order valence-corrected chi connectivity index (χ0v) is 10.0. The third-order valence-electron chi connectivity index (χ3n) is 3.50. The van der Waals surface area contributed by atoms with Gasteiger partial charge in [0.05, 0.1) is 0 Å². The van der Waals surface area contributed by atoms with Gasteiger partial charge in [-0.05, 0) is 50.0 Å². The van der Waals surface area contributed by atoms with Crippen LogP contribution in [0.1, 0.15) is 44.2 Å². The van der Waals surface area contributed by atoms with Crippen LogP contribution in [-0.2, 0) is 0 Å². The lowest BCUT2D eigenvalue weighted by molar-refractivity contribution is 0.159. The average molecular weight is 219 g/mol. The molecular weight excluding hydrogens is 198 g/mol. The molecule has 0 spiro atoms. The van der Waals surface area contributed by atoms with E-state index < -0.39 is 0 Å². The second kappa shape index (κ2) is 5.35. The fourth-order valence-corrected chi connectivity index (χ4v) is 2.63. The first-order valence-electron chi connectivity index (χ1n) is 6.34. The Kier molecular flexibility index (Phi) is 3.83. The van der Waals surface area contributed by atoms with Crippen molar-refractivity contribution < 1.29 is 5.11 Å². The third kappa shape index (κ3) is 2.56. The minimum atomic E-state index is 0.359. The number of nitrogens with zero attached hydrogens (tertiary/aromatic N) is 1. The van der Waals surface area contributed by atoms with Gasteiger partial charge in [0.2, 0.25) is 0 Å². The zero-order valence-electron chi connectivity index (χ0n) is 10.0. The molecule has 1 aromatic rings. The molecule has 1 atom stereocenters. The molecule has 0 saturated carbocycles. The van der Waals surface area contributed by atoms with E-state index in [0.29, 0.717) is 11.8 Å². The number of piperidine rings is 1. The van der Waals surface area contributed by atoms with Crippen LogP contribution in [0.25, 0.3) is 0 Å². The second-order valence-corrected chi connectivity index (χ2v) is 4.61. The molecule has 0 aromatic heterocycles. The number of hydrogen-bond donors (Lipinski definition) is 1. The quantitative estimate of drug-likeness (QED) is 0.843. The predicted octanol–water partition coefficient (Wildman–Crippen LogP) is 3.33. The Labute approximate surface area is 97.9 Å². The summed E-state index contributed by atoms with van der Waals surface area (Å²) in [7, 11) is 0. The Morgan fingerprint density at radius 1 is 1.12 bits per heavy atom. The zero-order chi connectivity index (χ0) is 11.4. The highest BCUT2D eigenvalue weighted by atomic mass is 16.3. The van der Waals surface area contributed by atoms with E-state index in [1.807, 2.05) is 0 Å². The molecule has 1 aliphatic heterocycles. The van der Waals surface area contributed by atoms with E-state index in [2.05, 4.69) is 24.0 Å². The molecule has 1 unspecified atom stereocenters. The SMILES string of the molecule is CCC(c1ccc(O)cc1)N1CCCCC1. The summed E-state index contributed by atoms with van der Waals surface area (Å²) in [5.41, 5.74) is 1.34. The normalized spacial score (nSPS) is 19.6. The molecule has 1 heterocycles. The van der Waals surface area contributed by atoms with Gasteiger partial charge in [0.1, 0.15) is 5.75 Å². The van der Waals surface area contributed by atoms with E-state index >= 15 is 0 Å². The molecular formula is C14H21NO. The summed E-state index contributed by atoms with van der Waals surface area (Å²) in [6.45, 7) is 4.69.